The van der Waals surface area contributed by atoms with Crippen LogP contribution in [0.1, 0.15) is 60.8 Å². The minimum absolute atomic E-state index is 0.397. The van der Waals surface area contributed by atoms with Crippen molar-refractivity contribution in [1.29, 1.82) is 0 Å². The predicted octanol–water partition coefficient (Wildman–Crippen LogP) is 3.69. The molecule has 0 aliphatic carbocycles. The Balaban J connectivity index is 2.74. The Morgan fingerprint density at radius 3 is 2.14 bits per heavy atom. The summed E-state index contributed by atoms with van der Waals surface area (Å²) in [5.74, 6) is 0. The Morgan fingerprint density at radius 1 is 1.14 bits per heavy atom. The first-order chi connectivity index (χ1) is 6.25. The van der Waals surface area contributed by atoms with Crippen LogP contribution in [-0.2, 0) is 0 Å². The first-order valence-corrected chi connectivity index (χ1v) is 6.02. The second-order valence-corrected chi connectivity index (χ2v) is 6.50. The summed E-state index contributed by atoms with van der Waals surface area (Å²) < 4.78 is 0. The molecule has 0 radical (unpaired) electrons. The van der Waals surface area contributed by atoms with Crippen LogP contribution in [0.5, 0.6) is 0 Å². The third-order valence-corrected chi connectivity index (χ3v) is 3.94. The van der Waals surface area contributed by atoms with Crippen molar-refractivity contribution in [2.45, 2.75) is 72.4 Å². The van der Waals surface area contributed by atoms with Crippen molar-refractivity contribution in [1.82, 2.24) is 4.90 Å². The Labute approximate surface area is 89.9 Å². The van der Waals surface area contributed by atoms with E-state index in [0.29, 0.717) is 17.0 Å². The van der Waals surface area contributed by atoms with E-state index < -0.39 is 0 Å². The van der Waals surface area contributed by atoms with Crippen molar-refractivity contribution in [3.05, 3.63) is 0 Å². The number of hydrogen-bond donors (Lipinski definition) is 0. The average Bonchev–Trinajstić information content (AvgIpc) is 2.00. The highest BCUT2D eigenvalue weighted by molar-refractivity contribution is 4.92. The Bertz CT molecular complexity index is 188. The van der Waals surface area contributed by atoms with Gasteiger partial charge in [0.2, 0.25) is 0 Å². The fraction of sp³-hybridized carbons (Fsp3) is 1.00. The molecule has 0 amide bonds. The van der Waals surface area contributed by atoms with Crippen LogP contribution in [0, 0.1) is 5.41 Å². The van der Waals surface area contributed by atoms with Crippen molar-refractivity contribution in [2.75, 3.05) is 6.54 Å². The molecule has 1 unspecified atom stereocenters. The van der Waals surface area contributed by atoms with Gasteiger partial charge in [0, 0.05) is 11.6 Å². The van der Waals surface area contributed by atoms with Gasteiger partial charge in [0.25, 0.3) is 0 Å². The molecular formula is C13H27N. The van der Waals surface area contributed by atoms with Gasteiger partial charge in [-0.1, -0.05) is 27.2 Å². The van der Waals surface area contributed by atoms with Gasteiger partial charge in [0.05, 0.1) is 0 Å². The maximum Gasteiger partial charge on any atom is 0.0156 e. The molecule has 0 N–H and O–H groups in total. The first kappa shape index (κ1) is 12.0. The van der Waals surface area contributed by atoms with Gasteiger partial charge in [-0.15, -0.1) is 0 Å². The summed E-state index contributed by atoms with van der Waals surface area (Å²) in [6, 6.07) is 0.679. The Morgan fingerprint density at radius 2 is 1.71 bits per heavy atom. The highest BCUT2D eigenvalue weighted by Crippen LogP contribution is 2.34. The molecule has 1 fully saturated rings. The standard InChI is InChI=1S/C13H27N/c1-11(12(2,3)4)14-10-8-7-9-13(14,5)6/h11H,7-10H2,1-6H3. The maximum atomic E-state index is 2.70. The van der Waals surface area contributed by atoms with Crippen LogP contribution < -0.4 is 0 Å². The van der Waals surface area contributed by atoms with Gasteiger partial charge in [-0.25, -0.2) is 0 Å². The van der Waals surface area contributed by atoms with E-state index in [2.05, 4.69) is 46.4 Å². The lowest BCUT2D eigenvalue weighted by Gasteiger charge is -2.50. The maximum absolute atomic E-state index is 2.70. The minimum Gasteiger partial charge on any atom is -0.295 e. The molecule has 1 nitrogen and oxygen atoms in total. The molecule has 0 aromatic heterocycles. The topological polar surface area (TPSA) is 3.24 Å². The van der Waals surface area contributed by atoms with E-state index in [4.69, 9.17) is 0 Å². The fourth-order valence-electron chi connectivity index (χ4n) is 2.47. The summed E-state index contributed by atoms with van der Waals surface area (Å²) >= 11 is 0. The molecule has 1 heterocycles. The molecule has 1 atom stereocenters. The zero-order chi connectivity index (χ0) is 11.0. The molecule has 1 aliphatic rings. The van der Waals surface area contributed by atoms with Gasteiger partial charge < -0.3 is 0 Å². The van der Waals surface area contributed by atoms with Gasteiger partial charge in [0.15, 0.2) is 0 Å². The normalized spacial score (nSPS) is 26.1. The van der Waals surface area contributed by atoms with Crippen molar-refractivity contribution in [2.24, 2.45) is 5.41 Å². The smallest absolute Gasteiger partial charge is 0.0156 e. The van der Waals surface area contributed by atoms with E-state index in [1.807, 2.05) is 0 Å². The fourth-order valence-corrected chi connectivity index (χ4v) is 2.47. The molecule has 1 aliphatic heterocycles. The van der Waals surface area contributed by atoms with E-state index >= 15 is 0 Å². The average molecular weight is 197 g/mol. The van der Waals surface area contributed by atoms with Gasteiger partial charge in [0.1, 0.15) is 0 Å². The number of nitrogens with zero attached hydrogens (tertiary/aromatic N) is 1. The van der Waals surface area contributed by atoms with E-state index in [9.17, 15) is 0 Å². The molecule has 0 bridgehead atoms. The van der Waals surface area contributed by atoms with Crippen LogP contribution in [0.3, 0.4) is 0 Å². The Hall–Kier alpha value is -0.0400. The zero-order valence-corrected chi connectivity index (χ0v) is 10.9. The number of piperidine rings is 1. The van der Waals surface area contributed by atoms with Gasteiger partial charge in [-0.3, -0.25) is 4.90 Å². The summed E-state index contributed by atoms with van der Waals surface area (Å²) in [6.07, 6.45) is 4.14. The van der Waals surface area contributed by atoms with Crippen molar-refractivity contribution >= 4 is 0 Å². The summed E-state index contributed by atoms with van der Waals surface area (Å²) in [7, 11) is 0. The highest BCUT2D eigenvalue weighted by Gasteiger charge is 2.37. The molecule has 1 rings (SSSR count). The summed E-state index contributed by atoms with van der Waals surface area (Å²) in [5.41, 5.74) is 0.805. The minimum atomic E-state index is 0.397. The third kappa shape index (κ3) is 2.50. The van der Waals surface area contributed by atoms with E-state index in [1.54, 1.807) is 0 Å². The largest absolute Gasteiger partial charge is 0.295 e. The zero-order valence-electron chi connectivity index (χ0n) is 10.9. The van der Waals surface area contributed by atoms with Crippen molar-refractivity contribution in [3.8, 4) is 0 Å². The summed E-state index contributed by atoms with van der Waals surface area (Å²) in [5, 5.41) is 0. The number of likely N-dealkylation sites (tertiary alicyclic amines) is 1. The molecule has 14 heavy (non-hydrogen) atoms. The van der Waals surface area contributed by atoms with Crippen LogP contribution in [0.25, 0.3) is 0 Å². The molecule has 0 spiro atoms. The molecule has 0 aromatic rings. The number of hydrogen-bond acceptors (Lipinski definition) is 1. The number of rotatable bonds is 1. The predicted molar refractivity (Wildman–Crippen MR) is 63.6 cm³/mol. The summed E-state index contributed by atoms with van der Waals surface area (Å²) in [6.45, 7) is 15.5. The van der Waals surface area contributed by atoms with E-state index in [1.165, 1.54) is 25.8 Å². The van der Waals surface area contributed by atoms with Crippen molar-refractivity contribution < 1.29 is 0 Å². The SMILES string of the molecule is CC(N1CCCCC1(C)C)C(C)(C)C. The lowest BCUT2D eigenvalue weighted by atomic mass is 9.81. The lowest BCUT2D eigenvalue weighted by Crippen LogP contribution is -2.55. The molecule has 1 saturated heterocycles. The lowest BCUT2D eigenvalue weighted by molar-refractivity contribution is -0.00389. The van der Waals surface area contributed by atoms with E-state index in [-0.39, 0.29) is 0 Å². The third-order valence-electron chi connectivity index (χ3n) is 3.94. The monoisotopic (exact) mass is 197 g/mol. The highest BCUT2D eigenvalue weighted by atomic mass is 15.2. The molecule has 1 heteroatoms. The van der Waals surface area contributed by atoms with Gasteiger partial charge in [-0.2, -0.15) is 0 Å². The van der Waals surface area contributed by atoms with Crippen LogP contribution >= 0.6 is 0 Å². The second kappa shape index (κ2) is 3.84. The quantitative estimate of drug-likeness (QED) is 0.620. The molecular weight excluding hydrogens is 170 g/mol. The van der Waals surface area contributed by atoms with Crippen LogP contribution in [-0.4, -0.2) is 23.0 Å². The molecule has 84 valence electrons. The van der Waals surface area contributed by atoms with Crippen LogP contribution in [0.4, 0.5) is 0 Å². The molecule has 0 aromatic carbocycles. The van der Waals surface area contributed by atoms with Crippen molar-refractivity contribution in [3.63, 3.8) is 0 Å². The van der Waals surface area contributed by atoms with Crippen LogP contribution in [0.2, 0.25) is 0 Å². The van der Waals surface area contributed by atoms with Gasteiger partial charge >= 0.3 is 0 Å². The Kier molecular flexibility index (Phi) is 3.30. The first-order valence-electron chi connectivity index (χ1n) is 6.02. The molecule has 0 saturated carbocycles. The van der Waals surface area contributed by atoms with Crippen LogP contribution in [0.15, 0.2) is 0 Å². The van der Waals surface area contributed by atoms with E-state index in [0.717, 1.165) is 0 Å². The van der Waals surface area contributed by atoms with Gasteiger partial charge in [-0.05, 0) is 45.6 Å². The second-order valence-electron chi connectivity index (χ2n) is 6.50. The summed E-state index contributed by atoms with van der Waals surface area (Å²) in [4.78, 5) is 2.70.